The Balaban J connectivity index is 2.32. The molecule has 1 unspecified atom stereocenters. The molecule has 1 aromatic heterocycles. The number of methoxy groups -OCH3 is 1. The highest BCUT2D eigenvalue weighted by atomic mass is 16.5. The minimum Gasteiger partial charge on any atom is -0.468 e. The topological polar surface area (TPSA) is 68.5 Å². The molecule has 19 heavy (non-hydrogen) atoms. The molecule has 106 valence electrons. The fourth-order valence-corrected chi connectivity index (χ4v) is 1.74. The van der Waals surface area contributed by atoms with Crippen molar-refractivity contribution in [1.29, 1.82) is 0 Å². The highest BCUT2D eigenvalue weighted by Gasteiger charge is 2.29. The van der Waals surface area contributed by atoms with E-state index in [0.717, 1.165) is 19.5 Å². The van der Waals surface area contributed by atoms with E-state index in [-0.39, 0.29) is 5.97 Å². The lowest BCUT2D eigenvalue weighted by Crippen LogP contribution is -2.47. The standard InChI is InChI=1S/C14H23N3O2/c1-14(15,13(18)19-3)7-11-17(2)10-6-12-4-8-16-9-5-12/h4-5,8-9H,6-7,10-11,15H2,1-3H3. The van der Waals surface area contributed by atoms with E-state index in [1.54, 1.807) is 19.3 Å². The molecule has 1 atom stereocenters. The SMILES string of the molecule is COC(=O)C(C)(N)CCN(C)CCc1ccncc1. The number of carbonyl (C=O) groups excluding carboxylic acids is 1. The van der Waals surface area contributed by atoms with E-state index in [2.05, 4.69) is 14.6 Å². The molecule has 0 fully saturated rings. The van der Waals surface area contributed by atoms with Crippen molar-refractivity contribution in [3.8, 4) is 0 Å². The van der Waals surface area contributed by atoms with Crippen molar-refractivity contribution in [1.82, 2.24) is 9.88 Å². The maximum Gasteiger partial charge on any atom is 0.325 e. The Morgan fingerprint density at radius 1 is 1.42 bits per heavy atom. The number of carbonyl (C=O) groups is 1. The van der Waals surface area contributed by atoms with Crippen molar-refractivity contribution in [2.45, 2.75) is 25.3 Å². The second-order valence-corrected chi connectivity index (χ2v) is 5.07. The number of hydrogen-bond acceptors (Lipinski definition) is 5. The molecular weight excluding hydrogens is 242 g/mol. The molecule has 0 saturated heterocycles. The third kappa shape index (κ3) is 5.36. The van der Waals surface area contributed by atoms with E-state index in [9.17, 15) is 4.79 Å². The number of hydrogen-bond donors (Lipinski definition) is 1. The van der Waals surface area contributed by atoms with Gasteiger partial charge < -0.3 is 15.4 Å². The normalized spacial score (nSPS) is 14.2. The summed E-state index contributed by atoms with van der Waals surface area (Å²) in [7, 11) is 3.38. The molecule has 0 radical (unpaired) electrons. The van der Waals surface area contributed by atoms with Crippen molar-refractivity contribution in [3.05, 3.63) is 30.1 Å². The van der Waals surface area contributed by atoms with Crippen LogP contribution in [0.5, 0.6) is 0 Å². The van der Waals surface area contributed by atoms with Crippen molar-refractivity contribution in [2.75, 3.05) is 27.2 Å². The minimum atomic E-state index is -0.917. The molecule has 0 amide bonds. The smallest absolute Gasteiger partial charge is 0.325 e. The summed E-state index contributed by atoms with van der Waals surface area (Å²) in [6.45, 7) is 3.38. The Morgan fingerprint density at radius 2 is 2.05 bits per heavy atom. The first-order chi connectivity index (χ1) is 8.95. The first-order valence-electron chi connectivity index (χ1n) is 6.40. The van der Waals surface area contributed by atoms with Gasteiger partial charge in [0.2, 0.25) is 0 Å². The number of aromatic nitrogens is 1. The fraction of sp³-hybridized carbons (Fsp3) is 0.571. The first-order valence-corrected chi connectivity index (χ1v) is 6.40. The maximum absolute atomic E-state index is 11.5. The highest BCUT2D eigenvalue weighted by molar-refractivity contribution is 5.79. The van der Waals surface area contributed by atoms with E-state index in [1.807, 2.05) is 19.2 Å². The zero-order valence-corrected chi connectivity index (χ0v) is 11.9. The zero-order chi connectivity index (χ0) is 14.3. The third-order valence-electron chi connectivity index (χ3n) is 3.20. The van der Waals surface area contributed by atoms with E-state index >= 15 is 0 Å². The minimum absolute atomic E-state index is 0.366. The summed E-state index contributed by atoms with van der Waals surface area (Å²) in [6, 6.07) is 4.02. The van der Waals surface area contributed by atoms with Crippen LogP contribution in [0.2, 0.25) is 0 Å². The quantitative estimate of drug-likeness (QED) is 0.740. The van der Waals surface area contributed by atoms with Crippen LogP contribution in [0.4, 0.5) is 0 Å². The van der Waals surface area contributed by atoms with Gasteiger partial charge in [0.25, 0.3) is 0 Å². The Morgan fingerprint density at radius 3 is 2.63 bits per heavy atom. The molecular formula is C14H23N3O2. The summed E-state index contributed by atoms with van der Waals surface area (Å²) < 4.78 is 4.69. The Hall–Kier alpha value is -1.46. The van der Waals surface area contributed by atoms with Crippen molar-refractivity contribution in [3.63, 3.8) is 0 Å². The van der Waals surface area contributed by atoms with Gasteiger partial charge in [-0.15, -0.1) is 0 Å². The first kappa shape index (κ1) is 15.6. The molecule has 5 heteroatoms. The van der Waals surface area contributed by atoms with Gasteiger partial charge in [-0.25, -0.2) is 0 Å². The lowest BCUT2D eigenvalue weighted by atomic mass is 9.99. The molecule has 1 aromatic rings. The summed E-state index contributed by atoms with van der Waals surface area (Å²) >= 11 is 0. The van der Waals surface area contributed by atoms with Crippen LogP contribution in [0.1, 0.15) is 18.9 Å². The van der Waals surface area contributed by atoms with Crippen LogP contribution in [-0.4, -0.2) is 48.6 Å². The lowest BCUT2D eigenvalue weighted by molar-refractivity contribution is -0.146. The predicted molar refractivity (Wildman–Crippen MR) is 74.7 cm³/mol. The van der Waals surface area contributed by atoms with Crippen molar-refractivity contribution in [2.24, 2.45) is 5.73 Å². The fourth-order valence-electron chi connectivity index (χ4n) is 1.74. The van der Waals surface area contributed by atoms with Crippen LogP contribution >= 0.6 is 0 Å². The van der Waals surface area contributed by atoms with Gasteiger partial charge in [-0.3, -0.25) is 9.78 Å². The van der Waals surface area contributed by atoms with E-state index in [1.165, 1.54) is 12.7 Å². The molecule has 0 aliphatic carbocycles. The molecule has 1 rings (SSSR count). The van der Waals surface area contributed by atoms with Gasteiger partial charge in [0.1, 0.15) is 5.54 Å². The van der Waals surface area contributed by atoms with Crippen LogP contribution in [0.15, 0.2) is 24.5 Å². The summed E-state index contributed by atoms with van der Waals surface area (Å²) in [5, 5.41) is 0. The van der Waals surface area contributed by atoms with Crippen LogP contribution in [0.25, 0.3) is 0 Å². The molecule has 5 nitrogen and oxygen atoms in total. The van der Waals surface area contributed by atoms with Gasteiger partial charge in [-0.2, -0.15) is 0 Å². The Bertz CT molecular complexity index is 393. The summed E-state index contributed by atoms with van der Waals surface area (Å²) in [5.41, 5.74) is 6.25. The van der Waals surface area contributed by atoms with Gasteiger partial charge in [-0.05, 0) is 44.5 Å². The average Bonchev–Trinajstić information content (AvgIpc) is 2.43. The number of esters is 1. The van der Waals surface area contributed by atoms with Crippen molar-refractivity contribution < 1.29 is 9.53 Å². The molecule has 1 heterocycles. The monoisotopic (exact) mass is 265 g/mol. The average molecular weight is 265 g/mol. The number of ether oxygens (including phenoxy) is 1. The summed E-state index contributed by atoms with van der Waals surface area (Å²) in [6.07, 6.45) is 5.12. The zero-order valence-electron chi connectivity index (χ0n) is 11.9. The van der Waals surface area contributed by atoms with Gasteiger partial charge in [-0.1, -0.05) is 0 Å². The number of nitrogens with zero attached hydrogens (tertiary/aromatic N) is 2. The number of nitrogens with two attached hydrogens (primary N) is 1. The second kappa shape index (κ2) is 7.21. The molecule has 2 N–H and O–H groups in total. The molecule has 0 saturated carbocycles. The number of pyridine rings is 1. The highest BCUT2D eigenvalue weighted by Crippen LogP contribution is 2.09. The van der Waals surface area contributed by atoms with Crippen LogP contribution < -0.4 is 5.73 Å². The van der Waals surface area contributed by atoms with E-state index < -0.39 is 5.54 Å². The maximum atomic E-state index is 11.5. The second-order valence-electron chi connectivity index (χ2n) is 5.07. The molecule has 0 aliphatic rings. The van der Waals surface area contributed by atoms with Gasteiger partial charge in [0, 0.05) is 25.5 Å². The lowest BCUT2D eigenvalue weighted by Gasteiger charge is -2.25. The number of likely N-dealkylation sites (N-methyl/N-ethyl adjacent to an activating group) is 1. The van der Waals surface area contributed by atoms with Crippen molar-refractivity contribution >= 4 is 5.97 Å². The number of rotatable bonds is 7. The molecule has 0 aromatic carbocycles. The summed E-state index contributed by atoms with van der Waals surface area (Å²) in [5.74, 6) is -0.366. The van der Waals surface area contributed by atoms with Gasteiger partial charge in [0.05, 0.1) is 7.11 Å². The van der Waals surface area contributed by atoms with Gasteiger partial charge in [0.15, 0.2) is 0 Å². The third-order valence-corrected chi connectivity index (χ3v) is 3.20. The summed E-state index contributed by atoms with van der Waals surface area (Å²) in [4.78, 5) is 17.6. The van der Waals surface area contributed by atoms with Crippen LogP contribution in [0.3, 0.4) is 0 Å². The van der Waals surface area contributed by atoms with Crippen LogP contribution in [0, 0.1) is 0 Å². The molecule has 0 aliphatic heterocycles. The largest absolute Gasteiger partial charge is 0.468 e. The molecule has 0 bridgehead atoms. The Labute approximate surface area is 114 Å². The predicted octanol–water partition coefficient (Wildman–Crippen LogP) is 0.836. The van der Waals surface area contributed by atoms with E-state index in [0.29, 0.717) is 6.42 Å². The van der Waals surface area contributed by atoms with Gasteiger partial charge >= 0.3 is 5.97 Å². The molecule has 0 spiro atoms. The van der Waals surface area contributed by atoms with Crippen LogP contribution in [-0.2, 0) is 16.0 Å². The Kier molecular flexibility index (Phi) is 5.92. The van der Waals surface area contributed by atoms with E-state index in [4.69, 9.17) is 5.73 Å².